The molecular weight excluding hydrogens is 426 g/mol. The average molecular weight is 450 g/mol. The van der Waals surface area contributed by atoms with Gasteiger partial charge in [0.1, 0.15) is 23.1 Å². The molecular formula is C22H24F2N2O6. The van der Waals surface area contributed by atoms with Gasteiger partial charge in [0, 0.05) is 18.2 Å². The number of amides is 2. The summed E-state index contributed by atoms with van der Waals surface area (Å²) in [6, 6.07) is 7.25. The highest BCUT2D eigenvalue weighted by molar-refractivity contribution is 5.94. The summed E-state index contributed by atoms with van der Waals surface area (Å²) in [7, 11) is 3.03. The number of methoxy groups -OCH3 is 2. The summed E-state index contributed by atoms with van der Waals surface area (Å²) in [5.74, 6) is -2.72. The molecule has 32 heavy (non-hydrogen) atoms. The van der Waals surface area contributed by atoms with Crippen LogP contribution >= 0.6 is 0 Å². The van der Waals surface area contributed by atoms with Gasteiger partial charge in [-0.05, 0) is 37.3 Å². The molecule has 0 radical (unpaired) electrons. The van der Waals surface area contributed by atoms with Crippen molar-refractivity contribution in [1.29, 1.82) is 0 Å². The lowest BCUT2D eigenvalue weighted by Crippen LogP contribution is -2.32. The molecule has 2 aromatic carbocycles. The second-order valence-corrected chi connectivity index (χ2v) is 6.69. The topological polar surface area (TPSA) is 103 Å². The molecule has 1 unspecified atom stereocenters. The molecule has 0 spiro atoms. The van der Waals surface area contributed by atoms with Gasteiger partial charge in [0.15, 0.2) is 6.61 Å². The minimum Gasteiger partial charge on any atom is -0.497 e. The van der Waals surface area contributed by atoms with E-state index >= 15 is 0 Å². The van der Waals surface area contributed by atoms with E-state index in [4.69, 9.17) is 14.2 Å². The Kier molecular flexibility index (Phi) is 8.94. The largest absolute Gasteiger partial charge is 0.497 e. The van der Waals surface area contributed by atoms with Crippen molar-refractivity contribution in [3.8, 4) is 11.5 Å². The third kappa shape index (κ3) is 6.93. The van der Waals surface area contributed by atoms with Crippen molar-refractivity contribution < 1.29 is 37.4 Å². The van der Waals surface area contributed by atoms with Gasteiger partial charge in [0.05, 0.1) is 32.2 Å². The zero-order valence-corrected chi connectivity index (χ0v) is 17.9. The zero-order valence-electron chi connectivity index (χ0n) is 17.9. The molecule has 0 aliphatic heterocycles. The third-order valence-corrected chi connectivity index (χ3v) is 4.44. The maximum Gasteiger partial charge on any atom is 0.308 e. The summed E-state index contributed by atoms with van der Waals surface area (Å²) in [6.07, 6.45) is -0.235. The number of esters is 1. The first-order valence-corrected chi connectivity index (χ1v) is 9.65. The van der Waals surface area contributed by atoms with Gasteiger partial charge in [-0.15, -0.1) is 0 Å². The molecule has 2 aromatic rings. The number of carbonyl (C=O) groups is 3. The highest BCUT2D eigenvalue weighted by Gasteiger charge is 2.17. The quantitative estimate of drug-likeness (QED) is 0.540. The number of rotatable bonds is 10. The fourth-order valence-electron chi connectivity index (χ4n) is 2.80. The van der Waals surface area contributed by atoms with Crippen LogP contribution in [0.15, 0.2) is 36.4 Å². The van der Waals surface area contributed by atoms with Crippen LogP contribution in [0.25, 0.3) is 0 Å². The normalized spacial score (nSPS) is 11.3. The zero-order chi connectivity index (χ0) is 23.7. The van der Waals surface area contributed by atoms with Crippen molar-refractivity contribution in [2.24, 2.45) is 0 Å². The Morgan fingerprint density at radius 1 is 1.03 bits per heavy atom. The van der Waals surface area contributed by atoms with Crippen molar-refractivity contribution in [2.75, 3.05) is 27.4 Å². The first kappa shape index (κ1) is 24.6. The van der Waals surface area contributed by atoms with Crippen molar-refractivity contribution >= 4 is 17.8 Å². The number of ether oxygens (including phenoxy) is 3. The smallest absolute Gasteiger partial charge is 0.308 e. The van der Waals surface area contributed by atoms with Crippen molar-refractivity contribution in [3.05, 3.63) is 59.2 Å². The molecule has 2 amide bonds. The van der Waals surface area contributed by atoms with E-state index in [0.717, 1.165) is 12.1 Å². The van der Waals surface area contributed by atoms with Crippen LogP contribution in [0.5, 0.6) is 11.5 Å². The SMILES string of the molecule is COc1ccc(OC)c(C(C)NC(=O)COC(=O)CCNC(=O)c2ccc(F)cc2F)c1. The summed E-state index contributed by atoms with van der Waals surface area (Å²) in [6.45, 7) is 1.07. The van der Waals surface area contributed by atoms with Crippen molar-refractivity contribution in [2.45, 2.75) is 19.4 Å². The van der Waals surface area contributed by atoms with E-state index < -0.39 is 42.1 Å². The molecule has 0 aromatic heterocycles. The standard InChI is InChI=1S/C22H24F2N2O6/c1-13(17-11-15(30-2)5-7-19(17)31-3)26-20(27)12-32-21(28)8-9-25-22(29)16-6-4-14(23)10-18(16)24/h4-7,10-11,13H,8-9,12H2,1-3H3,(H,25,29)(H,26,27). The van der Waals surface area contributed by atoms with Crippen LogP contribution in [0.4, 0.5) is 8.78 Å². The molecule has 1 atom stereocenters. The molecule has 0 saturated heterocycles. The summed E-state index contributed by atoms with van der Waals surface area (Å²) in [4.78, 5) is 35.8. The maximum absolute atomic E-state index is 13.6. The van der Waals surface area contributed by atoms with E-state index in [9.17, 15) is 23.2 Å². The van der Waals surface area contributed by atoms with Crippen LogP contribution in [0.3, 0.4) is 0 Å². The van der Waals surface area contributed by atoms with Crippen LogP contribution in [0.2, 0.25) is 0 Å². The van der Waals surface area contributed by atoms with Crippen LogP contribution in [0.1, 0.15) is 35.3 Å². The monoisotopic (exact) mass is 450 g/mol. The number of hydrogen-bond donors (Lipinski definition) is 2. The molecule has 8 nitrogen and oxygen atoms in total. The van der Waals surface area contributed by atoms with Gasteiger partial charge in [-0.1, -0.05) is 0 Å². The summed E-state index contributed by atoms with van der Waals surface area (Å²) in [5.41, 5.74) is 0.336. The third-order valence-electron chi connectivity index (χ3n) is 4.44. The minimum absolute atomic E-state index is 0.145. The van der Waals surface area contributed by atoms with Crippen LogP contribution in [-0.4, -0.2) is 45.2 Å². The first-order chi connectivity index (χ1) is 15.2. The van der Waals surface area contributed by atoms with E-state index in [2.05, 4.69) is 10.6 Å². The Morgan fingerprint density at radius 3 is 2.44 bits per heavy atom. The number of benzene rings is 2. The molecule has 0 heterocycles. The molecule has 2 rings (SSSR count). The van der Waals surface area contributed by atoms with Gasteiger partial charge in [-0.2, -0.15) is 0 Å². The van der Waals surface area contributed by atoms with Crippen LogP contribution in [0, 0.1) is 11.6 Å². The van der Waals surface area contributed by atoms with Crippen LogP contribution in [-0.2, 0) is 14.3 Å². The van der Waals surface area contributed by atoms with Crippen LogP contribution < -0.4 is 20.1 Å². The predicted octanol–water partition coefficient (Wildman–Crippen LogP) is 2.52. The van der Waals surface area contributed by atoms with Gasteiger partial charge >= 0.3 is 5.97 Å². The molecule has 0 aliphatic carbocycles. The van der Waals surface area contributed by atoms with E-state index in [-0.39, 0.29) is 18.5 Å². The Hall–Kier alpha value is -3.69. The first-order valence-electron chi connectivity index (χ1n) is 9.65. The molecule has 172 valence electrons. The second-order valence-electron chi connectivity index (χ2n) is 6.69. The van der Waals surface area contributed by atoms with E-state index in [1.165, 1.54) is 14.2 Å². The minimum atomic E-state index is -1.01. The fraction of sp³-hybridized carbons (Fsp3) is 0.318. The van der Waals surface area contributed by atoms with Gasteiger partial charge in [-0.25, -0.2) is 8.78 Å². The Bertz CT molecular complexity index is 983. The Labute approximate surface area is 183 Å². The van der Waals surface area contributed by atoms with Crippen molar-refractivity contribution in [3.63, 3.8) is 0 Å². The summed E-state index contributed by atoms with van der Waals surface area (Å²) >= 11 is 0. The Balaban J connectivity index is 1.77. The second kappa shape index (κ2) is 11.6. The highest BCUT2D eigenvalue weighted by atomic mass is 19.1. The fourth-order valence-corrected chi connectivity index (χ4v) is 2.80. The maximum atomic E-state index is 13.6. The summed E-state index contributed by atoms with van der Waals surface area (Å²) in [5, 5.41) is 5.02. The highest BCUT2D eigenvalue weighted by Crippen LogP contribution is 2.29. The molecule has 10 heteroatoms. The molecule has 0 fully saturated rings. The molecule has 0 saturated carbocycles. The lowest BCUT2D eigenvalue weighted by atomic mass is 10.1. The summed E-state index contributed by atoms with van der Waals surface area (Å²) < 4.78 is 41.8. The number of halogens is 2. The Morgan fingerprint density at radius 2 is 1.78 bits per heavy atom. The number of hydrogen-bond acceptors (Lipinski definition) is 6. The lowest BCUT2D eigenvalue weighted by molar-refractivity contribution is -0.148. The molecule has 0 aliphatic rings. The predicted molar refractivity (Wildman–Crippen MR) is 110 cm³/mol. The van der Waals surface area contributed by atoms with Gasteiger partial charge in [0.25, 0.3) is 11.8 Å². The van der Waals surface area contributed by atoms with E-state index in [1.54, 1.807) is 25.1 Å². The van der Waals surface area contributed by atoms with Crippen molar-refractivity contribution in [1.82, 2.24) is 10.6 Å². The molecule has 2 N–H and O–H groups in total. The number of carbonyl (C=O) groups excluding carboxylic acids is 3. The van der Waals surface area contributed by atoms with Gasteiger partial charge < -0.3 is 24.8 Å². The average Bonchev–Trinajstić information content (AvgIpc) is 2.77. The van der Waals surface area contributed by atoms with Gasteiger partial charge in [-0.3, -0.25) is 14.4 Å². The molecule has 0 bridgehead atoms. The lowest BCUT2D eigenvalue weighted by Gasteiger charge is -2.18. The number of nitrogens with one attached hydrogen (secondary N) is 2. The van der Waals surface area contributed by atoms with E-state index in [0.29, 0.717) is 23.1 Å². The van der Waals surface area contributed by atoms with E-state index in [1.807, 2.05) is 0 Å². The van der Waals surface area contributed by atoms with Gasteiger partial charge in [0.2, 0.25) is 0 Å².